The summed E-state index contributed by atoms with van der Waals surface area (Å²) >= 11 is 0. The van der Waals surface area contributed by atoms with Gasteiger partial charge in [0, 0.05) is 5.54 Å². The molecule has 2 aromatic heterocycles. The number of aromatic amines is 1. The van der Waals surface area contributed by atoms with Crippen LogP contribution in [0, 0.1) is 5.41 Å². The lowest BCUT2D eigenvalue weighted by atomic mass is 9.82. The highest BCUT2D eigenvalue weighted by Crippen LogP contribution is 2.31. The summed E-state index contributed by atoms with van der Waals surface area (Å²) in [5.41, 5.74) is 6.51. The number of aromatic nitrogens is 4. The number of hydrogen-bond acceptors (Lipinski definition) is 5. The van der Waals surface area contributed by atoms with E-state index < -0.39 is 0 Å². The average molecular weight is 262 g/mol. The minimum atomic E-state index is -0.0940. The van der Waals surface area contributed by atoms with E-state index in [0.29, 0.717) is 5.65 Å². The van der Waals surface area contributed by atoms with Crippen LogP contribution in [-0.2, 0) is 0 Å². The van der Waals surface area contributed by atoms with Gasteiger partial charge in [-0.15, -0.1) is 0 Å². The maximum Gasteiger partial charge on any atom is 0.224 e. The van der Waals surface area contributed by atoms with Crippen molar-refractivity contribution in [3.63, 3.8) is 0 Å². The number of nitrogen functional groups attached to an aromatic ring is 1. The second kappa shape index (κ2) is 4.36. The summed E-state index contributed by atoms with van der Waals surface area (Å²) in [5, 5.41) is 11.1. The van der Waals surface area contributed by atoms with E-state index in [2.05, 4.69) is 60.1 Å². The van der Waals surface area contributed by atoms with Crippen molar-refractivity contribution in [1.29, 1.82) is 0 Å². The van der Waals surface area contributed by atoms with Crippen LogP contribution < -0.4 is 11.1 Å². The van der Waals surface area contributed by atoms with Crippen molar-refractivity contribution in [2.24, 2.45) is 5.41 Å². The monoisotopic (exact) mass is 262 g/mol. The predicted molar refractivity (Wildman–Crippen MR) is 77.9 cm³/mol. The average Bonchev–Trinajstić information content (AvgIpc) is 2.59. The van der Waals surface area contributed by atoms with E-state index in [0.717, 1.165) is 17.6 Å². The first-order valence-corrected chi connectivity index (χ1v) is 6.41. The fourth-order valence-electron chi connectivity index (χ4n) is 2.64. The summed E-state index contributed by atoms with van der Waals surface area (Å²) < 4.78 is 0. The molecule has 0 aliphatic rings. The van der Waals surface area contributed by atoms with E-state index in [9.17, 15) is 0 Å². The SMILES string of the molecule is CC(C)(C)CC(C)(C)Nc1nc(N)nc2[nH]ncc12. The van der Waals surface area contributed by atoms with Crippen molar-refractivity contribution in [2.45, 2.75) is 46.6 Å². The van der Waals surface area contributed by atoms with Gasteiger partial charge in [-0.3, -0.25) is 5.10 Å². The molecule has 0 bridgehead atoms. The van der Waals surface area contributed by atoms with Crippen LogP contribution in [0.4, 0.5) is 11.8 Å². The molecule has 0 aliphatic heterocycles. The van der Waals surface area contributed by atoms with Crippen molar-refractivity contribution in [2.75, 3.05) is 11.1 Å². The molecule has 0 unspecified atom stereocenters. The van der Waals surface area contributed by atoms with Crippen LogP contribution in [0.3, 0.4) is 0 Å². The molecule has 0 saturated heterocycles. The van der Waals surface area contributed by atoms with E-state index >= 15 is 0 Å². The van der Waals surface area contributed by atoms with Crippen molar-refractivity contribution >= 4 is 22.8 Å². The van der Waals surface area contributed by atoms with E-state index in [-0.39, 0.29) is 16.9 Å². The van der Waals surface area contributed by atoms with Crippen LogP contribution in [-0.4, -0.2) is 25.7 Å². The Balaban J connectivity index is 2.32. The molecule has 2 rings (SSSR count). The van der Waals surface area contributed by atoms with Crippen LogP contribution >= 0.6 is 0 Å². The zero-order valence-electron chi connectivity index (χ0n) is 12.2. The Morgan fingerprint density at radius 2 is 1.89 bits per heavy atom. The Morgan fingerprint density at radius 1 is 1.21 bits per heavy atom. The lowest BCUT2D eigenvalue weighted by molar-refractivity contribution is 0.302. The van der Waals surface area contributed by atoms with Gasteiger partial charge >= 0.3 is 0 Å². The molecule has 0 saturated carbocycles. The van der Waals surface area contributed by atoms with E-state index in [1.54, 1.807) is 6.20 Å². The Hall–Kier alpha value is -1.85. The molecule has 4 N–H and O–H groups in total. The normalized spacial score (nSPS) is 12.9. The summed E-state index contributed by atoms with van der Waals surface area (Å²) in [6.45, 7) is 11.0. The minimum Gasteiger partial charge on any atom is -0.368 e. The third kappa shape index (κ3) is 3.33. The Kier molecular flexibility index (Phi) is 3.12. The molecule has 104 valence electrons. The Bertz CT molecular complexity index is 578. The van der Waals surface area contributed by atoms with Gasteiger partial charge in [-0.05, 0) is 25.7 Å². The number of fused-ring (bicyclic) bond motifs is 1. The number of anilines is 2. The maximum atomic E-state index is 5.72. The quantitative estimate of drug-likeness (QED) is 0.790. The van der Waals surface area contributed by atoms with Crippen LogP contribution in [0.25, 0.3) is 11.0 Å². The van der Waals surface area contributed by atoms with Crippen LogP contribution in [0.1, 0.15) is 41.0 Å². The molecule has 0 aliphatic carbocycles. The maximum absolute atomic E-state index is 5.72. The highest BCUT2D eigenvalue weighted by molar-refractivity contribution is 5.87. The van der Waals surface area contributed by atoms with E-state index in [4.69, 9.17) is 5.73 Å². The Morgan fingerprint density at radius 3 is 2.53 bits per heavy atom. The molecule has 0 fully saturated rings. The molecular weight excluding hydrogens is 240 g/mol. The molecule has 0 radical (unpaired) electrons. The van der Waals surface area contributed by atoms with Crippen LogP contribution in [0.15, 0.2) is 6.20 Å². The number of rotatable bonds is 3. The van der Waals surface area contributed by atoms with Crippen molar-refractivity contribution < 1.29 is 0 Å². The van der Waals surface area contributed by atoms with Crippen LogP contribution in [0.5, 0.6) is 0 Å². The third-order valence-corrected chi connectivity index (χ3v) is 2.76. The molecule has 0 spiro atoms. The number of nitrogens with one attached hydrogen (secondary N) is 2. The van der Waals surface area contributed by atoms with Gasteiger partial charge in [-0.25, -0.2) is 0 Å². The molecule has 2 heterocycles. The van der Waals surface area contributed by atoms with Gasteiger partial charge in [0.2, 0.25) is 5.95 Å². The summed E-state index contributed by atoms with van der Waals surface area (Å²) in [6.07, 6.45) is 2.72. The lowest BCUT2D eigenvalue weighted by Crippen LogP contribution is -2.35. The van der Waals surface area contributed by atoms with Crippen molar-refractivity contribution in [3.05, 3.63) is 6.20 Å². The number of nitrogens with two attached hydrogens (primary N) is 1. The summed E-state index contributed by atoms with van der Waals surface area (Å²) in [7, 11) is 0. The van der Waals surface area contributed by atoms with Crippen LogP contribution in [0.2, 0.25) is 0 Å². The standard InChI is InChI=1S/C13H22N6/c1-12(2,3)7-13(4,5)18-9-8-6-15-19-10(8)17-11(14)16-9/h6H,7H2,1-5H3,(H4,14,15,16,17,18,19). The zero-order valence-corrected chi connectivity index (χ0v) is 12.2. The third-order valence-electron chi connectivity index (χ3n) is 2.76. The van der Waals surface area contributed by atoms with Gasteiger partial charge in [0.15, 0.2) is 5.65 Å². The topological polar surface area (TPSA) is 92.5 Å². The van der Waals surface area contributed by atoms with Crippen molar-refractivity contribution in [3.8, 4) is 0 Å². The summed E-state index contributed by atoms with van der Waals surface area (Å²) in [4.78, 5) is 8.39. The number of H-pyrrole nitrogens is 1. The minimum absolute atomic E-state index is 0.0940. The molecule has 6 heteroatoms. The fourth-order valence-corrected chi connectivity index (χ4v) is 2.64. The predicted octanol–water partition coefficient (Wildman–Crippen LogP) is 2.56. The fraction of sp³-hybridized carbons (Fsp3) is 0.615. The van der Waals surface area contributed by atoms with Crippen molar-refractivity contribution in [1.82, 2.24) is 20.2 Å². The van der Waals surface area contributed by atoms with Gasteiger partial charge in [-0.1, -0.05) is 20.8 Å². The highest BCUT2D eigenvalue weighted by Gasteiger charge is 2.26. The lowest BCUT2D eigenvalue weighted by Gasteiger charge is -2.33. The van der Waals surface area contributed by atoms with Gasteiger partial charge in [-0.2, -0.15) is 15.1 Å². The first kappa shape index (κ1) is 13.6. The molecule has 19 heavy (non-hydrogen) atoms. The molecular formula is C13H22N6. The van der Waals surface area contributed by atoms with Gasteiger partial charge in [0.1, 0.15) is 5.82 Å². The summed E-state index contributed by atoms with van der Waals surface area (Å²) in [6, 6.07) is 0. The van der Waals surface area contributed by atoms with Gasteiger partial charge in [0.25, 0.3) is 0 Å². The number of nitrogens with zero attached hydrogens (tertiary/aromatic N) is 3. The largest absolute Gasteiger partial charge is 0.368 e. The Labute approximate surface area is 113 Å². The van der Waals surface area contributed by atoms with E-state index in [1.165, 1.54) is 0 Å². The van der Waals surface area contributed by atoms with E-state index in [1.807, 2.05) is 0 Å². The zero-order chi connectivity index (χ0) is 14.3. The molecule has 6 nitrogen and oxygen atoms in total. The first-order valence-electron chi connectivity index (χ1n) is 6.41. The second-order valence-electron chi connectivity index (χ2n) is 6.81. The second-order valence-corrected chi connectivity index (χ2v) is 6.81. The first-order chi connectivity index (χ1) is 8.66. The van der Waals surface area contributed by atoms with Gasteiger partial charge in [0.05, 0.1) is 11.6 Å². The molecule has 0 amide bonds. The molecule has 2 aromatic rings. The smallest absolute Gasteiger partial charge is 0.224 e. The number of hydrogen-bond donors (Lipinski definition) is 3. The molecule has 0 aromatic carbocycles. The summed E-state index contributed by atoms with van der Waals surface area (Å²) in [5.74, 6) is 0.969. The highest BCUT2D eigenvalue weighted by atomic mass is 15.2. The van der Waals surface area contributed by atoms with Gasteiger partial charge < -0.3 is 11.1 Å². The molecule has 0 atom stereocenters.